The summed E-state index contributed by atoms with van der Waals surface area (Å²) in [4.78, 5) is 25.6. The molecule has 36 heavy (non-hydrogen) atoms. The van der Waals surface area contributed by atoms with Crippen LogP contribution in [0, 0.1) is 5.82 Å². The SMILES string of the molecule is CC(=Nc1c(C=O)cc(N2CC(c3cnn(C)c3)OC(C)(C)C2)nc1-c1ccc(Cl)cc1F)N(C)C. The highest BCUT2D eigenvalue weighted by atomic mass is 35.5. The molecule has 0 aliphatic carbocycles. The molecule has 0 N–H and O–H groups in total. The summed E-state index contributed by atoms with van der Waals surface area (Å²) in [5.74, 6) is 0.638. The minimum atomic E-state index is -0.543. The van der Waals surface area contributed by atoms with Crippen LogP contribution in [0.2, 0.25) is 5.02 Å². The molecule has 1 aliphatic rings. The van der Waals surface area contributed by atoms with Gasteiger partial charge in [0.1, 0.15) is 35.0 Å². The van der Waals surface area contributed by atoms with Gasteiger partial charge in [0.05, 0.1) is 18.3 Å². The van der Waals surface area contributed by atoms with Crippen LogP contribution in [0.15, 0.2) is 41.7 Å². The number of carbonyl (C=O) groups is 1. The molecule has 1 aromatic carbocycles. The van der Waals surface area contributed by atoms with Crippen LogP contribution >= 0.6 is 11.6 Å². The molecule has 0 amide bonds. The number of pyridine rings is 1. The van der Waals surface area contributed by atoms with Crippen LogP contribution in [0.1, 0.15) is 42.8 Å². The van der Waals surface area contributed by atoms with Crippen LogP contribution in [-0.4, -0.2) is 64.6 Å². The molecule has 4 rings (SSSR count). The first-order chi connectivity index (χ1) is 17.0. The van der Waals surface area contributed by atoms with E-state index in [-0.39, 0.29) is 22.4 Å². The number of aldehydes is 1. The molecule has 190 valence electrons. The Balaban J connectivity index is 1.88. The first kappa shape index (κ1) is 25.8. The molecule has 3 heterocycles. The highest BCUT2D eigenvalue weighted by Gasteiger charge is 2.36. The second-order valence-electron chi connectivity index (χ2n) is 9.76. The quantitative estimate of drug-likeness (QED) is 0.270. The van der Waals surface area contributed by atoms with Gasteiger partial charge in [0.2, 0.25) is 0 Å². The van der Waals surface area contributed by atoms with E-state index in [0.29, 0.717) is 36.0 Å². The summed E-state index contributed by atoms with van der Waals surface area (Å²) >= 11 is 6.01. The number of morpholine rings is 1. The van der Waals surface area contributed by atoms with E-state index < -0.39 is 11.4 Å². The van der Waals surface area contributed by atoms with Crippen molar-refractivity contribution in [3.05, 3.63) is 58.6 Å². The zero-order chi connectivity index (χ0) is 26.2. The Morgan fingerprint density at radius 3 is 2.69 bits per heavy atom. The lowest BCUT2D eigenvalue weighted by Crippen LogP contribution is -2.50. The van der Waals surface area contributed by atoms with Crippen LogP contribution in [0.4, 0.5) is 15.9 Å². The van der Waals surface area contributed by atoms with E-state index in [1.165, 1.54) is 6.07 Å². The molecule has 0 spiro atoms. The first-order valence-electron chi connectivity index (χ1n) is 11.6. The third-order valence-corrected chi connectivity index (χ3v) is 6.32. The van der Waals surface area contributed by atoms with Crippen LogP contribution in [0.3, 0.4) is 0 Å². The summed E-state index contributed by atoms with van der Waals surface area (Å²) in [5, 5.41) is 4.54. The number of aliphatic imine (C=N–C) groups is 1. The van der Waals surface area contributed by atoms with Crippen molar-refractivity contribution < 1.29 is 13.9 Å². The minimum Gasteiger partial charge on any atom is -0.366 e. The monoisotopic (exact) mass is 512 g/mol. The van der Waals surface area contributed by atoms with Gasteiger partial charge in [0.15, 0.2) is 6.29 Å². The molecule has 2 aromatic heterocycles. The second-order valence-corrected chi connectivity index (χ2v) is 10.2. The van der Waals surface area contributed by atoms with Gasteiger partial charge >= 0.3 is 0 Å². The number of rotatable bonds is 5. The standard InChI is InChI=1S/C26H30ClFN6O2/c1-16(32(4)5)30-24-17(14-35)9-23(31-25(24)20-8-7-19(27)10-21(20)28)34-13-22(36-26(2,3)15-34)18-11-29-33(6)12-18/h7-12,14,22H,13,15H2,1-6H3. The summed E-state index contributed by atoms with van der Waals surface area (Å²) in [6.07, 6.45) is 4.18. The third-order valence-electron chi connectivity index (χ3n) is 6.08. The van der Waals surface area contributed by atoms with Crippen molar-refractivity contribution in [2.24, 2.45) is 12.0 Å². The van der Waals surface area contributed by atoms with E-state index in [2.05, 4.69) is 15.0 Å². The van der Waals surface area contributed by atoms with Crippen molar-refractivity contribution in [2.45, 2.75) is 32.5 Å². The molecular formula is C26H30ClFN6O2. The van der Waals surface area contributed by atoms with Crippen molar-refractivity contribution in [2.75, 3.05) is 32.1 Å². The zero-order valence-electron chi connectivity index (χ0n) is 21.3. The van der Waals surface area contributed by atoms with Crippen LogP contribution in [-0.2, 0) is 11.8 Å². The maximum absolute atomic E-state index is 15.1. The summed E-state index contributed by atoms with van der Waals surface area (Å²) in [6, 6.07) is 6.09. The molecular weight excluding hydrogens is 483 g/mol. The van der Waals surface area contributed by atoms with E-state index in [0.717, 1.165) is 11.8 Å². The fraction of sp³-hybridized carbons (Fsp3) is 0.385. The molecule has 1 aliphatic heterocycles. The fourth-order valence-corrected chi connectivity index (χ4v) is 4.34. The minimum absolute atomic E-state index is 0.214. The first-order valence-corrected chi connectivity index (χ1v) is 11.9. The Morgan fingerprint density at radius 1 is 1.33 bits per heavy atom. The second kappa shape index (κ2) is 9.99. The summed E-state index contributed by atoms with van der Waals surface area (Å²) < 4.78 is 23.2. The number of anilines is 1. The smallest absolute Gasteiger partial charge is 0.152 e. The highest BCUT2D eigenvalue weighted by Crippen LogP contribution is 2.39. The molecule has 8 nitrogen and oxygen atoms in total. The average molecular weight is 513 g/mol. The molecule has 1 saturated heterocycles. The summed E-state index contributed by atoms with van der Waals surface area (Å²) in [6.45, 7) is 6.83. The van der Waals surface area contributed by atoms with Crippen LogP contribution in [0.25, 0.3) is 11.3 Å². The third kappa shape index (κ3) is 5.42. The van der Waals surface area contributed by atoms with Crippen molar-refractivity contribution in [3.8, 4) is 11.3 Å². The highest BCUT2D eigenvalue weighted by molar-refractivity contribution is 6.30. The number of aryl methyl sites for hydroxylation is 1. The predicted octanol–water partition coefficient (Wildman–Crippen LogP) is 5.06. The average Bonchev–Trinajstić information content (AvgIpc) is 3.24. The number of nitrogens with zero attached hydrogens (tertiary/aromatic N) is 6. The number of carbonyl (C=O) groups excluding carboxylic acids is 1. The van der Waals surface area contributed by atoms with Gasteiger partial charge < -0.3 is 14.5 Å². The van der Waals surface area contributed by atoms with Gasteiger partial charge in [0.25, 0.3) is 0 Å². The molecule has 0 radical (unpaired) electrons. The lowest BCUT2D eigenvalue weighted by Gasteiger charge is -2.43. The molecule has 0 bridgehead atoms. The number of hydrogen-bond donors (Lipinski definition) is 0. The topological polar surface area (TPSA) is 75.8 Å². The van der Waals surface area contributed by atoms with Crippen molar-refractivity contribution in [1.82, 2.24) is 19.7 Å². The number of amidine groups is 1. The Hall–Kier alpha value is -3.30. The number of benzene rings is 1. The van der Waals surface area contributed by atoms with E-state index in [4.69, 9.17) is 21.3 Å². The molecule has 3 aromatic rings. The number of halogens is 2. The van der Waals surface area contributed by atoms with Gasteiger partial charge in [-0.25, -0.2) is 14.4 Å². The van der Waals surface area contributed by atoms with Gasteiger partial charge in [0, 0.05) is 55.6 Å². The van der Waals surface area contributed by atoms with Crippen LogP contribution in [0.5, 0.6) is 0 Å². The Labute approximate surface area is 215 Å². The van der Waals surface area contributed by atoms with Gasteiger partial charge in [-0.3, -0.25) is 9.48 Å². The van der Waals surface area contributed by atoms with Gasteiger partial charge in [-0.1, -0.05) is 11.6 Å². The Morgan fingerprint density at radius 2 is 2.08 bits per heavy atom. The Bertz CT molecular complexity index is 1320. The van der Waals surface area contributed by atoms with E-state index in [9.17, 15) is 4.79 Å². The van der Waals surface area contributed by atoms with Gasteiger partial charge in [-0.2, -0.15) is 5.10 Å². The maximum Gasteiger partial charge on any atom is 0.152 e. The molecule has 1 fully saturated rings. The number of hydrogen-bond acceptors (Lipinski definition) is 6. The Kier molecular flexibility index (Phi) is 7.15. The van der Waals surface area contributed by atoms with E-state index in [1.807, 2.05) is 53.0 Å². The maximum atomic E-state index is 15.1. The molecule has 1 atom stereocenters. The van der Waals surface area contributed by atoms with E-state index in [1.54, 1.807) is 29.1 Å². The molecule has 0 saturated carbocycles. The fourth-order valence-electron chi connectivity index (χ4n) is 4.18. The number of ether oxygens (including phenoxy) is 1. The van der Waals surface area contributed by atoms with Crippen molar-refractivity contribution >= 4 is 35.2 Å². The van der Waals surface area contributed by atoms with E-state index >= 15 is 4.39 Å². The predicted molar refractivity (Wildman–Crippen MR) is 140 cm³/mol. The van der Waals surface area contributed by atoms with Crippen molar-refractivity contribution in [3.63, 3.8) is 0 Å². The number of aromatic nitrogens is 3. The lowest BCUT2D eigenvalue weighted by molar-refractivity contribution is -0.0857. The zero-order valence-corrected chi connectivity index (χ0v) is 22.0. The van der Waals surface area contributed by atoms with Crippen molar-refractivity contribution in [1.29, 1.82) is 0 Å². The summed E-state index contributed by atoms with van der Waals surface area (Å²) in [5.41, 5.74) is 1.53. The largest absolute Gasteiger partial charge is 0.366 e. The summed E-state index contributed by atoms with van der Waals surface area (Å²) in [7, 11) is 5.55. The van der Waals surface area contributed by atoms with Gasteiger partial charge in [-0.05, 0) is 45.0 Å². The molecule has 1 unspecified atom stereocenters. The van der Waals surface area contributed by atoms with Gasteiger partial charge in [-0.15, -0.1) is 0 Å². The molecule has 10 heteroatoms. The normalized spacial score (nSPS) is 17.8. The lowest BCUT2D eigenvalue weighted by atomic mass is 10.0. The van der Waals surface area contributed by atoms with Crippen LogP contribution < -0.4 is 4.90 Å².